The van der Waals surface area contributed by atoms with Crippen LogP contribution in [-0.4, -0.2) is 39.5 Å². The highest BCUT2D eigenvalue weighted by Crippen LogP contribution is 2.35. The van der Waals surface area contributed by atoms with Crippen molar-refractivity contribution in [1.29, 1.82) is 0 Å². The number of H-pyrrole nitrogens is 1. The maximum Gasteiger partial charge on any atom is 0.326 e. The van der Waals surface area contributed by atoms with Crippen molar-refractivity contribution in [3.8, 4) is 0 Å². The number of nitrogens with zero attached hydrogens (tertiary/aromatic N) is 1. The van der Waals surface area contributed by atoms with E-state index < -0.39 is 6.10 Å². The molecule has 4 aromatic rings. The second kappa shape index (κ2) is 9.73. The van der Waals surface area contributed by atoms with Gasteiger partial charge in [-0.25, -0.2) is 13.6 Å². The summed E-state index contributed by atoms with van der Waals surface area (Å²) >= 11 is 0. The third-order valence-corrected chi connectivity index (χ3v) is 6.80. The molecule has 1 aliphatic heterocycles. The molecule has 1 fully saturated rings. The summed E-state index contributed by atoms with van der Waals surface area (Å²) in [7, 11) is 1.72. The first-order valence-corrected chi connectivity index (χ1v) is 11.6. The minimum absolute atomic E-state index is 0.163. The van der Waals surface area contributed by atoms with E-state index in [0.29, 0.717) is 13.0 Å². The highest BCUT2D eigenvalue weighted by Gasteiger charge is 2.35. The van der Waals surface area contributed by atoms with Crippen molar-refractivity contribution in [2.45, 2.75) is 37.1 Å². The van der Waals surface area contributed by atoms with Crippen LogP contribution in [0, 0.1) is 11.6 Å². The normalized spacial score (nSPS) is 20.5. The maximum atomic E-state index is 13.5. The largest absolute Gasteiger partial charge is 0.391 e. The summed E-state index contributed by atoms with van der Waals surface area (Å²) in [6.07, 6.45) is -0.663. The van der Waals surface area contributed by atoms with Gasteiger partial charge in [-0.2, -0.15) is 0 Å². The van der Waals surface area contributed by atoms with Crippen LogP contribution in [0.4, 0.5) is 8.78 Å². The SMILES string of the molecule is Cn1c(=O)[nH]c2cc(CNC3COC(C(c4ccc(F)cc4)c4ccc(F)cc4)CC3O)ccc21. The van der Waals surface area contributed by atoms with E-state index in [1.807, 2.05) is 18.2 Å². The van der Waals surface area contributed by atoms with Gasteiger partial charge in [-0.3, -0.25) is 4.57 Å². The number of halogens is 2. The molecule has 2 heterocycles. The molecule has 0 saturated carbocycles. The van der Waals surface area contributed by atoms with Gasteiger partial charge in [0.1, 0.15) is 11.6 Å². The van der Waals surface area contributed by atoms with E-state index in [9.17, 15) is 18.7 Å². The smallest absolute Gasteiger partial charge is 0.326 e. The summed E-state index contributed by atoms with van der Waals surface area (Å²) in [5.41, 5.74) is 4.08. The zero-order valence-corrected chi connectivity index (χ0v) is 19.2. The Morgan fingerprint density at radius 3 is 2.29 bits per heavy atom. The van der Waals surface area contributed by atoms with E-state index in [-0.39, 0.29) is 42.0 Å². The van der Waals surface area contributed by atoms with E-state index in [1.165, 1.54) is 24.3 Å². The Balaban J connectivity index is 1.29. The fourth-order valence-electron chi connectivity index (χ4n) is 4.84. The molecule has 5 rings (SSSR count). The topological polar surface area (TPSA) is 79.3 Å². The van der Waals surface area contributed by atoms with Gasteiger partial charge in [0.15, 0.2) is 0 Å². The Morgan fingerprint density at radius 2 is 1.69 bits per heavy atom. The number of hydrogen-bond donors (Lipinski definition) is 3. The fourth-order valence-corrected chi connectivity index (χ4v) is 4.84. The van der Waals surface area contributed by atoms with E-state index in [1.54, 1.807) is 35.9 Å². The van der Waals surface area contributed by atoms with Crippen LogP contribution in [0.2, 0.25) is 0 Å². The van der Waals surface area contributed by atoms with Gasteiger partial charge >= 0.3 is 5.69 Å². The van der Waals surface area contributed by atoms with E-state index in [4.69, 9.17) is 4.74 Å². The number of aryl methyl sites for hydroxylation is 1. The van der Waals surface area contributed by atoms with Crippen molar-refractivity contribution < 1.29 is 18.6 Å². The molecule has 35 heavy (non-hydrogen) atoms. The Morgan fingerprint density at radius 1 is 1.06 bits per heavy atom. The van der Waals surface area contributed by atoms with Crippen molar-refractivity contribution in [2.75, 3.05) is 6.61 Å². The minimum Gasteiger partial charge on any atom is -0.391 e. The van der Waals surface area contributed by atoms with Crippen LogP contribution in [0.3, 0.4) is 0 Å². The zero-order valence-electron chi connectivity index (χ0n) is 19.2. The third kappa shape index (κ3) is 4.91. The van der Waals surface area contributed by atoms with Crippen molar-refractivity contribution in [3.05, 3.63) is 106 Å². The third-order valence-electron chi connectivity index (χ3n) is 6.80. The Hall–Kier alpha value is -3.33. The number of aliphatic hydroxyl groups excluding tert-OH is 1. The van der Waals surface area contributed by atoms with Gasteiger partial charge in [-0.05, 0) is 53.1 Å². The molecule has 0 amide bonds. The molecule has 8 heteroatoms. The minimum atomic E-state index is -0.669. The summed E-state index contributed by atoms with van der Waals surface area (Å²) in [6.45, 7) is 0.789. The van der Waals surface area contributed by atoms with Gasteiger partial charge in [0.2, 0.25) is 0 Å². The van der Waals surface area contributed by atoms with Crippen LogP contribution in [0.1, 0.15) is 29.0 Å². The Kier molecular flexibility index (Phi) is 6.51. The summed E-state index contributed by atoms with van der Waals surface area (Å²) in [5, 5.41) is 14.3. The molecule has 182 valence electrons. The lowest BCUT2D eigenvalue weighted by atomic mass is 9.82. The molecule has 0 radical (unpaired) electrons. The van der Waals surface area contributed by atoms with Gasteiger partial charge in [0.05, 0.1) is 35.9 Å². The number of rotatable bonds is 6. The second-order valence-corrected chi connectivity index (χ2v) is 9.08. The first-order chi connectivity index (χ1) is 16.9. The molecule has 3 unspecified atom stereocenters. The first kappa shape index (κ1) is 23.4. The molecule has 1 aliphatic rings. The number of nitrogens with one attached hydrogen (secondary N) is 2. The zero-order chi connectivity index (χ0) is 24.5. The first-order valence-electron chi connectivity index (χ1n) is 11.6. The van der Waals surface area contributed by atoms with Crippen molar-refractivity contribution in [3.63, 3.8) is 0 Å². The number of fused-ring (bicyclic) bond motifs is 1. The summed E-state index contributed by atoms with van der Waals surface area (Å²) in [5.74, 6) is -0.944. The van der Waals surface area contributed by atoms with Crippen molar-refractivity contribution >= 4 is 11.0 Å². The van der Waals surface area contributed by atoms with E-state index in [2.05, 4.69) is 10.3 Å². The number of imidazole rings is 1. The van der Waals surface area contributed by atoms with Gasteiger partial charge < -0.3 is 20.1 Å². The summed E-state index contributed by atoms with van der Waals surface area (Å²) in [4.78, 5) is 14.7. The molecule has 3 aromatic carbocycles. The number of aromatic nitrogens is 2. The predicted molar refractivity (Wildman–Crippen MR) is 129 cm³/mol. The van der Waals surface area contributed by atoms with Crippen LogP contribution in [0.5, 0.6) is 0 Å². The molecule has 0 bridgehead atoms. The van der Waals surface area contributed by atoms with Gasteiger partial charge in [0, 0.05) is 25.9 Å². The lowest BCUT2D eigenvalue weighted by molar-refractivity contribution is -0.0718. The monoisotopic (exact) mass is 479 g/mol. The van der Waals surface area contributed by atoms with Gasteiger partial charge in [-0.15, -0.1) is 0 Å². The number of aromatic amines is 1. The lowest BCUT2D eigenvalue weighted by Crippen LogP contribution is -2.50. The van der Waals surface area contributed by atoms with Gasteiger partial charge in [0.25, 0.3) is 0 Å². The maximum absolute atomic E-state index is 13.5. The second-order valence-electron chi connectivity index (χ2n) is 9.08. The molecular weight excluding hydrogens is 452 g/mol. The number of hydrogen-bond acceptors (Lipinski definition) is 4. The van der Waals surface area contributed by atoms with E-state index in [0.717, 1.165) is 27.7 Å². The van der Waals surface area contributed by atoms with Crippen LogP contribution in [-0.2, 0) is 18.3 Å². The Labute approximate surface area is 201 Å². The number of ether oxygens (including phenoxy) is 1. The molecule has 6 nitrogen and oxygen atoms in total. The quantitative estimate of drug-likeness (QED) is 0.395. The summed E-state index contributed by atoms with van der Waals surface area (Å²) < 4.78 is 34.9. The standard InChI is InChI=1S/C27H27F2N3O3/c1-32-23-11-2-16(12-21(23)31-27(32)34)14-30-22-15-35-25(13-24(22)33)26(17-3-7-19(28)8-4-17)18-5-9-20(29)10-6-18/h2-12,22,24-26,30,33H,13-15H2,1H3,(H,31,34). The van der Waals surface area contributed by atoms with Gasteiger partial charge in [-0.1, -0.05) is 30.3 Å². The van der Waals surface area contributed by atoms with Crippen molar-refractivity contribution in [1.82, 2.24) is 14.9 Å². The molecule has 3 atom stereocenters. The van der Waals surface area contributed by atoms with Crippen LogP contribution < -0.4 is 11.0 Å². The molecular formula is C27H27F2N3O3. The van der Waals surface area contributed by atoms with Crippen LogP contribution >= 0.6 is 0 Å². The predicted octanol–water partition coefficient (Wildman–Crippen LogP) is 3.58. The molecule has 1 aromatic heterocycles. The lowest BCUT2D eigenvalue weighted by Gasteiger charge is -2.38. The Bertz CT molecular complexity index is 1320. The van der Waals surface area contributed by atoms with Crippen molar-refractivity contribution in [2.24, 2.45) is 7.05 Å². The van der Waals surface area contributed by atoms with Crippen LogP contribution in [0.15, 0.2) is 71.5 Å². The van der Waals surface area contributed by atoms with Crippen LogP contribution in [0.25, 0.3) is 11.0 Å². The fraction of sp³-hybridized carbons (Fsp3) is 0.296. The highest BCUT2D eigenvalue weighted by molar-refractivity contribution is 5.75. The molecule has 1 saturated heterocycles. The highest BCUT2D eigenvalue weighted by atomic mass is 19.1. The summed E-state index contributed by atoms with van der Waals surface area (Å²) in [6, 6.07) is 17.9. The molecule has 3 N–H and O–H groups in total. The average Bonchev–Trinajstić information content (AvgIpc) is 3.14. The average molecular weight is 480 g/mol. The number of benzene rings is 3. The number of aliphatic hydroxyl groups is 1. The molecule has 0 spiro atoms. The van der Waals surface area contributed by atoms with E-state index >= 15 is 0 Å². The molecule has 0 aliphatic carbocycles.